The van der Waals surface area contributed by atoms with Crippen LogP contribution in [0.5, 0.6) is 5.75 Å². The summed E-state index contributed by atoms with van der Waals surface area (Å²) in [5, 5.41) is 3.94. The largest absolute Gasteiger partial charge is 0.488 e. The third-order valence-corrected chi connectivity index (χ3v) is 4.89. The molecule has 0 saturated heterocycles. The van der Waals surface area contributed by atoms with Crippen LogP contribution >= 0.6 is 0 Å². The van der Waals surface area contributed by atoms with Crippen LogP contribution in [0.25, 0.3) is 0 Å². The normalized spacial score (nSPS) is 16.5. The van der Waals surface area contributed by atoms with Crippen LogP contribution in [0.1, 0.15) is 29.7 Å². The first kappa shape index (κ1) is 24.8. The summed E-state index contributed by atoms with van der Waals surface area (Å²) in [5.74, 6) is -2.91. The van der Waals surface area contributed by atoms with Gasteiger partial charge in [-0.05, 0) is 24.1 Å². The van der Waals surface area contributed by atoms with Crippen molar-refractivity contribution < 1.29 is 37.1 Å². The van der Waals surface area contributed by atoms with Crippen LogP contribution in [0.2, 0.25) is 0 Å². The van der Waals surface area contributed by atoms with E-state index in [1.807, 2.05) is 30.3 Å². The number of amides is 1. The van der Waals surface area contributed by atoms with E-state index in [4.69, 9.17) is 14.3 Å². The van der Waals surface area contributed by atoms with E-state index in [2.05, 4.69) is 11.7 Å². The molecule has 1 heterocycles. The van der Waals surface area contributed by atoms with E-state index < -0.39 is 30.6 Å². The number of nitrogens with zero attached hydrogens (tertiary/aromatic N) is 2. The summed E-state index contributed by atoms with van der Waals surface area (Å²) in [5.41, 5.74) is 1.22. The molecule has 0 saturated carbocycles. The summed E-state index contributed by atoms with van der Waals surface area (Å²) in [7, 11) is 0. The second kappa shape index (κ2) is 10.9. The van der Waals surface area contributed by atoms with Gasteiger partial charge >= 0.3 is 18.1 Å². The number of halogens is 3. The SMILES string of the molecule is C=CCO/N=C1/CN(C(=O)C(F)(F)F)C(C(=O)OCC)c2cccc(OCc3ccccc3)c21. The molecule has 2 aromatic carbocycles. The highest BCUT2D eigenvalue weighted by Gasteiger charge is 2.50. The van der Waals surface area contributed by atoms with Gasteiger partial charge in [-0.3, -0.25) is 4.79 Å². The van der Waals surface area contributed by atoms with Gasteiger partial charge in [-0.2, -0.15) is 13.2 Å². The van der Waals surface area contributed by atoms with E-state index in [-0.39, 0.29) is 42.4 Å². The van der Waals surface area contributed by atoms with Crippen LogP contribution in [0, 0.1) is 0 Å². The molecular weight excluding hydrogens is 453 g/mol. The van der Waals surface area contributed by atoms with Gasteiger partial charge in [0.15, 0.2) is 6.04 Å². The molecule has 0 aliphatic carbocycles. The lowest BCUT2D eigenvalue weighted by atomic mass is 9.90. The van der Waals surface area contributed by atoms with Crippen molar-refractivity contribution >= 4 is 17.6 Å². The fraction of sp³-hybridized carbons (Fsp3) is 0.292. The molecule has 10 heteroatoms. The van der Waals surface area contributed by atoms with E-state index in [9.17, 15) is 22.8 Å². The number of ether oxygens (including phenoxy) is 2. The van der Waals surface area contributed by atoms with Crippen LogP contribution in [-0.4, -0.2) is 48.4 Å². The first-order valence-corrected chi connectivity index (χ1v) is 10.4. The molecule has 1 atom stereocenters. The van der Waals surface area contributed by atoms with Crippen molar-refractivity contribution in [2.75, 3.05) is 19.8 Å². The van der Waals surface area contributed by atoms with Gasteiger partial charge in [0, 0.05) is 5.56 Å². The monoisotopic (exact) mass is 476 g/mol. The number of hydrogen-bond donors (Lipinski definition) is 0. The number of alkyl halides is 3. The Morgan fingerprint density at radius 2 is 1.91 bits per heavy atom. The number of benzene rings is 2. The Morgan fingerprint density at radius 1 is 1.18 bits per heavy atom. The zero-order valence-electron chi connectivity index (χ0n) is 18.4. The lowest BCUT2D eigenvalue weighted by Gasteiger charge is -2.36. The number of carbonyl (C=O) groups excluding carboxylic acids is 2. The van der Waals surface area contributed by atoms with Crippen LogP contribution in [0.3, 0.4) is 0 Å². The molecule has 1 aliphatic rings. The molecule has 7 nitrogen and oxygen atoms in total. The summed E-state index contributed by atoms with van der Waals surface area (Å²) in [4.78, 5) is 30.5. The minimum atomic E-state index is -5.21. The van der Waals surface area contributed by atoms with Crippen LogP contribution < -0.4 is 4.74 Å². The minimum absolute atomic E-state index is 0.00124. The van der Waals surface area contributed by atoms with Crippen molar-refractivity contribution in [3.8, 4) is 5.75 Å². The molecule has 1 unspecified atom stereocenters. The maximum Gasteiger partial charge on any atom is 0.471 e. The molecule has 1 aliphatic heterocycles. The molecule has 0 spiro atoms. The Hall–Kier alpha value is -3.82. The average molecular weight is 476 g/mol. The van der Waals surface area contributed by atoms with E-state index >= 15 is 0 Å². The molecule has 0 aromatic heterocycles. The topological polar surface area (TPSA) is 77.4 Å². The molecule has 0 radical (unpaired) electrons. The van der Waals surface area contributed by atoms with Crippen molar-refractivity contribution in [1.29, 1.82) is 0 Å². The lowest BCUT2D eigenvalue weighted by Crippen LogP contribution is -2.51. The molecule has 0 bridgehead atoms. The standard InChI is InChI=1S/C24H23F3N2O5/c1-3-13-34-28-18-14-29(23(31)24(25,26)27)21(22(30)32-4-2)17-11-8-12-19(20(17)18)33-15-16-9-6-5-7-10-16/h3,5-12,21H,1,4,13-15H2,2H3/b28-18-. The van der Waals surface area contributed by atoms with Gasteiger partial charge in [0.1, 0.15) is 24.7 Å². The van der Waals surface area contributed by atoms with E-state index in [1.165, 1.54) is 25.1 Å². The number of carbonyl (C=O) groups is 2. The quantitative estimate of drug-likeness (QED) is 0.247. The van der Waals surface area contributed by atoms with Crippen molar-refractivity contribution in [2.24, 2.45) is 5.16 Å². The van der Waals surface area contributed by atoms with Gasteiger partial charge in [-0.1, -0.05) is 60.3 Å². The zero-order chi connectivity index (χ0) is 24.7. The summed E-state index contributed by atoms with van der Waals surface area (Å²) in [6.45, 7) is 4.46. The maximum absolute atomic E-state index is 13.4. The van der Waals surface area contributed by atoms with Gasteiger partial charge in [0.05, 0.1) is 13.2 Å². The van der Waals surface area contributed by atoms with Gasteiger partial charge in [0.25, 0.3) is 0 Å². The minimum Gasteiger partial charge on any atom is -0.488 e. The van der Waals surface area contributed by atoms with E-state index in [0.717, 1.165) is 5.56 Å². The third-order valence-electron chi connectivity index (χ3n) is 4.89. The fourth-order valence-electron chi connectivity index (χ4n) is 3.51. The number of rotatable bonds is 8. The molecule has 3 rings (SSSR count). The van der Waals surface area contributed by atoms with Crippen LogP contribution in [-0.2, 0) is 25.8 Å². The second-order valence-electron chi connectivity index (χ2n) is 7.20. The van der Waals surface area contributed by atoms with Crippen LogP contribution in [0.4, 0.5) is 13.2 Å². The fourth-order valence-corrected chi connectivity index (χ4v) is 3.51. The number of esters is 1. The Labute approximate surface area is 194 Å². The van der Waals surface area contributed by atoms with Crippen molar-refractivity contribution in [2.45, 2.75) is 25.7 Å². The lowest BCUT2D eigenvalue weighted by molar-refractivity contribution is -0.190. The summed E-state index contributed by atoms with van der Waals surface area (Å²) in [6, 6.07) is 12.2. The maximum atomic E-state index is 13.4. The highest BCUT2D eigenvalue weighted by molar-refractivity contribution is 6.10. The summed E-state index contributed by atoms with van der Waals surface area (Å²) >= 11 is 0. The van der Waals surface area contributed by atoms with Gasteiger partial charge in [-0.15, -0.1) is 0 Å². The Bertz CT molecular complexity index is 1070. The smallest absolute Gasteiger partial charge is 0.471 e. The molecule has 2 aromatic rings. The Morgan fingerprint density at radius 3 is 2.56 bits per heavy atom. The molecule has 0 N–H and O–H groups in total. The summed E-state index contributed by atoms with van der Waals surface area (Å²) in [6.07, 6.45) is -3.80. The molecular formula is C24H23F3N2O5. The molecule has 1 amide bonds. The van der Waals surface area contributed by atoms with Crippen LogP contribution in [0.15, 0.2) is 66.3 Å². The number of fused-ring (bicyclic) bond motifs is 1. The average Bonchev–Trinajstić information content (AvgIpc) is 2.82. The predicted octanol–water partition coefficient (Wildman–Crippen LogP) is 4.18. The van der Waals surface area contributed by atoms with Gasteiger partial charge in [0.2, 0.25) is 0 Å². The zero-order valence-corrected chi connectivity index (χ0v) is 18.4. The van der Waals surface area contributed by atoms with Crippen molar-refractivity contribution in [3.05, 3.63) is 77.9 Å². The first-order chi connectivity index (χ1) is 16.3. The Balaban J connectivity index is 2.11. The second-order valence-corrected chi connectivity index (χ2v) is 7.20. The third kappa shape index (κ3) is 5.56. The number of oxime groups is 1. The molecule has 0 fully saturated rings. The highest BCUT2D eigenvalue weighted by atomic mass is 19.4. The van der Waals surface area contributed by atoms with Crippen molar-refractivity contribution in [1.82, 2.24) is 4.90 Å². The predicted molar refractivity (Wildman–Crippen MR) is 117 cm³/mol. The highest BCUT2D eigenvalue weighted by Crippen LogP contribution is 2.38. The Kier molecular flexibility index (Phi) is 7.93. The summed E-state index contributed by atoms with van der Waals surface area (Å²) < 4.78 is 51.2. The van der Waals surface area contributed by atoms with Gasteiger partial charge in [-0.25, -0.2) is 4.79 Å². The number of hydrogen-bond acceptors (Lipinski definition) is 6. The van der Waals surface area contributed by atoms with E-state index in [1.54, 1.807) is 6.07 Å². The molecule has 180 valence electrons. The molecule has 34 heavy (non-hydrogen) atoms. The van der Waals surface area contributed by atoms with Crippen molar-refractivity contribution in [3.63, 3.8) is 0 Å². The first-order valence-electron chi connectivity index (χ1n) is 10.4. The van der Waals surface area contributed by atoms with Gasteiger partial charge < -0.3 is 19.2 Å². The van der Waals surface area contributed by atoms with E-state index in [0.29, 0.717) is 4.90 Å².